The molecule has 0 spiro atoms. The van der Waals surface area contributed by atoms with Crippen molar-refractivity contribution in [2.75, 3.05) is 26.2 Å². The van der Waals surface area contributed by atoms with Crippen molar-refractivity contribution in [3.8, 4) is 10.6 Å². The Morgan fingerprint density at radius 3 is 2.59 bits per heavy atom. The molecule has 0 radical (unpaired) electrons. The molecule has 8 nitrogen and oxygen atoms in total. The Kier molecular flexibility index (Phi) is 8.02. The molecule has 0 aliphatic carbocycles. The second kappa shape index (κ2) is 11.5. The number of aliphatic carboxylic acids is 1. The maximum absolute atomic E-state index is 13.3. The first-order valence-corrected chi connectivity index (χ1v) is 14.0. The Morgan fingerprint density at radius 1 is 1.08 bits per heavy atom. The zero-order valence-corrected chi connectivity index (χ0v) is 23.5. The predicted molar refractivity (Wildman–Crippen MR) is 154 cm³/mol. The SMILES string of the molecule is Cc1nc(-c2ccccc2)sc1Cn1c2c(c3cccnc31)CCN(C(=O)CN1CCC(C(=O)O)CC1)C2.Cl. The molecule has 0 saturated carbocycles. The van der Waals surface area contributed by atoms with Gasteiger partial charge in [-0.1, -0.05) is 30.3 Å². The third kappa shape index (κ3) is 5.44. The highest BCUT2D eigenvalue weighted by Gasteiger charge is 2.30. The molecule has 3 aromatic heterocycles. The first kappa shape index (κ1) is 27.3. The van der Waals surface area contributed by atoms with Crippen LogP contribution in [0, 0.1) is 12.8 Å². The van der Waals surface area contributed by atoms with Crippen LogP contribution in [-0.2, 0) is 29.1 Å². The van der Waals surface area contributed by atoms with E-state index in [4.69, 9.17) is 9.97 Å². The first-order chi connectivity index (χ1) is 18.5. The minimum absolute atomic E-state index is 0. The fraction of sp³-hybridized carbons (Fsp3) is 0.379. The maximum Gasteiger partial charge on any atom is 0.306 e. The minimum atomic E-state index is -0.729. The standard InChI is InChI=1S/C29H31N5O3S.ClH/c1-19-25(38-28(31-19)20-6-3-2-4-7-20)17-34-24-16-33(15-11-22(24)23-8-5-12-30-27(23)34)26(35)18-32-13-9-21(10-14-32)29(36)37;/h2-8,12,21H,9-11,13-18H2,1H3,(H,36,37);1H. The van der Waals surface area contributed by atoms with Gasteiger partial charge in [0.2, 0.25) is 5.91 Å². The van der Waals surface area contributed by atoms with Crippen molar-refractivity contribution in [3.63, 3.8) is 0 Å². The number of aromatic nitrogens is 3. The van der Waals surface area contributed by atoms with Crippen molar-refractivity contribution in [2.45, 2.75) is 39.3 Å². The largest absolute Gasteiger partial charge is 0.481 e. The quantitative estimate of drug-likeness (QED) is 0.367. The lowest BCUT2D eigenvalue weighted by Crippen LogP contribution is -2.45. The number of benzene rings is 1. The average molecular weight is 566 g/mol. The molecule has 1 aromatic carbocycles. The highest BCUT2D eigenvalue weighted by atomic mass is 35.5. The van der Waals surface area contributed by atoms with Gasteiger partial charge in [-0.15, -0.1) is 23.7 Å². The first-order valence-electron chi connectivity index (χ1n) is 13.2. The smallest absolute Gasteiger partial charge is 0.306 e. The molecule has 5 heterocycles. The van der Waals surface area contributed by atoms with Crippen molar-refractivity contribution < 1.29 is 14.7 Å². The monoisotopic (exact) mass is 565 g/mol. The molecular formula is C29H32ClN5O3S. The van der Waals surface area contributed by atoms with Gasteiger partial charge in [-0.25, -0.2) is 9.97 Å². The molecule has 1 N–H and O–H groups in total. The number of carboxylic acid groups (broad SMARTS) is 1. The zero-order valence-electron chi connectivity index (χ0n) is 21.9. The number of carbonyl (C=O) groups is 2. The Hall–Kier alpha value is -3.27. The number of hydrogen-bond donors (Lipinski definition) is 1. The van der Waals surface area contributed by atoms with E-state index in [1.54, 1.807) is 11.3 Å². The van der Waals surface area contributed by atoms with E-state index in [1.807, 2.05) is 35.4 Å². The number of amides is 1. The van der Waals surface area contributed by atoms with E-state index in [2.05, 4.69) is 34.6 Å². The van der Waals surface area contributed by atoms with E-state index in [9.17, 15) is 14.7 Å². The summed E-state index contributed by atoms with van der Waals surface area (Å²) < 4.78 is 2.28. The van der Waals surface area contributed by atoms with Gasteiger partial charge in [0.15, 0.2) is 0 Å². The zero-order chi connectivity index (χ0) is 26.2. The third-order valence-corrected chi connectivity index (χ3v) is 9.07. The third-order valence-electron chi connectivity index (χ3n) is 7.88. The van der Waals surface area contributed by atoms with Gasteiger partial charge in [0.05, 0.1) is 31.2 Å². The van der Waals surface area contributed by atoms with Crippen LogP contribution in [0.25, 0.3) is 21.6 Å². The van der Waals surface area contributed by atoms with Crippen LogP contribution in [0.2, 0.25) is 0 Å². The molecule has 204 valence electrons. The summed E-state index contributed by atoms with van der Waals surface area (Å²) in [4.78, 5) is 39.5. The second-order valence-electron chi connectivity index (χ2n) is 10.2. The van der Waals surface area contributed by atoms with Crippen LogP contribution in [-0.4, -0.2) is 67.5 Å². The molecule has 2 aliphatic heterocycles. The van der Waals surface area contributed by atoms with Crippen LogP contribution in [0.1, 0.15) is 34.7 Å². The number of fused-ring (bicyclic) bond motifs is 3. The van der Waals surface area contributed by atoms with Gasteiger partial charge in [-0.3, -0.25) is 14.5 Å². The topological polar surface area (TPSA) is 91.6 Å². The van der Waals surface area contributed by atoms with Gasteiger partial charge < -0.3 is 14.6 Å². The molecule has 6 rings (SSSR count). The molecule has 1 fully saturated rings. The normalized spacial score (nSPS) is 16.2. The molecule has 1 saturated heterocycles. The highest BCUT2D eigenvalue weighted by Crippen LogP contribution is 2.34. The summed E-state index contributed by atoms with van der Waals surface area (Å²) in [7, 11) is 0. The number of aryl methyl sites for hydroxylation is 1. The fourth-order valence-electron chi connectivity index (χ4n) is 5.70. The number of carbonyl (C=O) groups excluding carboxylic acids is 1. The summed E-state index contributed by atoms with van der Waals surface area (Å²) in [5, 5.41) is 11.4. The van der Waals surface area contributed by atoms with Crippen LogP contribution < -0.4 is 0 Å². The van der Waals surface area contributed by atoms with Gasteiger partial charge in [-0.2, -0.15) is 0 Å². The number of nitrogens with zero attached hydrogens (tertiary/aromatic N) is 5. The number of carboxylic acids is 1. The van der Waals surface area contributed by atoms with Crippen LogP contribution in [0.4, 0.5) is 0 Å². The molecular weight excluding hydrogens is 534 g/mol. The molecule has 10 heteroatoms. The van der Waals surface area contributed by atoms with Crippen molar-refractivity contribution >= 4 is 46.7 Å². The Labute approximate surface area is 237 Å². The van der Waals surface area contributed by atoms with Crippen molar-refractivity contribution in [1.82, 2.24) is 24.3 Å². The summed E-state index contributed by atoms with van der Waals surface area (Å²) in [5.74, 6) is -0.915. The van der Waals surface area contributed by atoms with Gasteiger partial charge in [0.25, 0.3) is 0 Å². The number of halogens is 1. The van der Waals surface area contributed by atoms with Crippen LogP contribution in [0.3, 0.4) is 0 Å². The van der Waals surface area contributed by atoms with Gasteiger partial charge >= 0.3 is 5.97 Å². The second-order valence-corrected chi connectivity index (χ2v) is 11.3. The highest BCUT2D eigenvalue weighted by molar-refractivity contribution is 7.15. The average Bonchev–Trinajstić information content (AvgIpc) is 3.47. The number of thiazole rings is 1. The molecule has 0 atom stereocenters. The predicted octanol–water partition coefficient (Wildman–Crippen LogP) is 4.62. The lowest BCUT2D eigenvalue weighted by atomic mass is 9.97. The summed E-state index contributed by atoms with van der Waals surface area (Å²) >= 11 is 1.71. The summed E-state index contributed by atoms with van der Waals surface area (Å²) in [6.45, 7) is 5.62. The van der Waals surface area contributed by atoms with Crippen molar-refractivity contribution in [1.29, 1.82) is 0 Å². The van der Waals surface area contributed by atoms with E-state index < -0.39 is 5.97 Å². The lowest BCUT2D eigenvalue weighted by Gasteiger charge is -2.33. The molecule has 4 aromatic rings. The molecule has 1 amide bonds. The van der Waals surface area contributed by atoms with E-state index in [-0.39, 0.29) is 24.2 Å². The number of likely N-dealkylation sites (tertiary alicyclic amines) is 1. The number of piperidine rings is 1. The van der Waals surface area contributed by atoms with E-state index in [0.717, 1.165) is 39.4 Å². The van der Waals surface area contributed by atoms with E-state index >= 15 is 0 Å². The summed E-state index contributed by atoms with van der Waals surface area (Å²) in [6.07, 6.45) is 3.84. The maximum atomic E-state index is 13.3. The number of hydrogen-bond acceptors (Lipinski definition) is 6. The Morgan fingerprint density at radius 2 is 1.85 bits per heavy atom. The van der Waals surface area contributed by atoms with E-state index in [1.165, 1.54) is 10.4 Å². The van der Waals surface area contributed by atoms with Crippen LogP contribution >= 0.6 is 23.7 Å². The molecule has 2 aliphatic rings. The summed E-state index contributed by atoms with van der Waals surface area (Å²) in [5.41, 5.74) is 5.53. The Bertz CT molecular complexity index is 1490. The summed E-state index contributed by atoms with van der Waals surface area (Å²) in [6, 6.07) is 14.4. The van der Waals surface area contributed by atoms with E-state index in [0.29, 0.717) is 52.1 Å². The van der Waals surface area contributed by atoms with Crippen molar-refractivity contribution in [2.24, 2.45) is 5.92 Å². The Balaban J connectivity index is 0.00000308. The van der Waals surface area contributed by atoms with Crippen LogP contribution in [0.15, 0.2) is 48.7 Å². The van der Waals surface area contributed by atoms with Gasteiger partial charge in [0.1, 0.15) is 10.7 Å². The van der Waals surface area contributed by atoms with Gasteiger partial charge in [0, 0.05) is 34.3 Å². The molecule has 39 heavy (non-hydrogen) atoms. The fourth-order valence-corrected chi connectivity index (χ4v) is 6.75. The van der Waals surface area contributed by atoms with Gasteiger partial charge in [-0.05, 0) is 57.0 Å². The minimum Gasteiger partial charge on any atom is -0.481 e. The molecule has 0 unspecified atom stereocenters. The number of rotatable bonds is 6. The number of pyridine rings is 1. The lowest BCUT2D eigenvalue weighted by molar-refractivity contribution is -0.143. The van der Waals surface area contributed by atoms with Crippen molar-refractivity contribution in [3.05, 3.63) is 70.5 Å². The molecule has 0 bridgehead atoms. The van der Waals surface area contributed by atoms with Crippen LogP contribution in [0.5, 0.6) is 0 Å².